The van der Waals surface area contributed by atoms with Crippen LogP contribution in [0.15, 0.2) is 42.5 Å². The highest BCUT2D eigenvalue weighted by Crippen LogP contribution is 2.33. The van der Waals surface area contributed by atoms with Gasteiger partial charge < -0.3 is 4.57 Å². The number of imidazole rings is 1. The van der Waals surface area contributed by atoms with Gasteiger partial charge in [0.15, 0.2) is 0 Å². The van der Waals surface area contributed by atoms with Gasteiger partial charge in [-0.2, -0.15) is 4.57 Å². The summed E-state index contributed by atoms with van der Waals surface area (Å²) in [6.45, 7) is 3.35. The zero-order valence-corrected chi connectivity index (χ0v) is 17.2. The second-order valence-electron chi connectivity index (χ2n) is 8.09. The van der Waals surface area contributed by atoms with Crippen molar-refractivity contribution in [2.45, 2.75) is 40.4 Å². The van der Waals surface area contributed by atoms with Crippen molar-refractivity contribution in [3.8, 4) is 11.3 Å². The van der Waals surface area contributed by atoms with Crippen molar-refractivity contribution in [2.24, 2.45) is 13.0 Å². The van der Waals surface area contributed by atoms with Crippen LogP contribution in [0.25, 0.3) is 39.4 Å². The molecule has 0 radical (unpaired) electrons. The predicted molar refractivity (Wildman–Crippen MR) is 121 cm³/mol. The molecule has 0 N–H and O–H groups in total. The number of nitrogens with zero attached hydrogens (tertiary/aromatic N) is 3. The highest BCUT2D eigenvalue weighted by molar-refractivity contribution is 5.90. The van der Waals surface area contributed by atoms with Crippen molar-refractivity contribution in [2.75, 3.05) is 0 Å². The van der Waals surface area contributed by atoms with Gasteiger partial charge in [-0.15, -0.1) is 0 Å². The molecule has 0 atom stereocenters. The van der Waals surface area contributed by atoms with E-state index in [1.165, 1.54) is 0 Å². The summed E-state index contributed by atoms with van der Waals surface area (Å²) in [6, 6.07) is 11.6. The minimum atomic E-state index is -2.29. The summed E-state index contributed by atoms with van der Waals surface area (Å²) in [6.07, 6.45) is 3.11. The van der Waals surface area contributed by atoms with Crippen molar-refractivity contribution < 1.29 is 11.4 Å². The topological polar surface area (TPSA) is 21.7 Å². The first kappa shape index (κ1) is 13.3. The highest BCUT2D eigenvalue weighted by Gasteiger charge is 2.22. The van der Waals surface area contributed by atoms with Gasteiger partial charge in [0, 0.05) is 37.0 Å². The molecule has 29 heavy (non-hydrogen) atoms. The summed E-state index contributed by atoms with van der Waals surface area (Å²) in [7, 11) is 1.95. The lowest BCUT2D eigenvalue weighted by atomic mass is 9.95. The van der Waals surface area contributed by atoms with E-state index in [-0.39, 0.29) is 5.92 Å². The predicted octanol–water partition coefficient (Wildman–Crippen LogP) is 5.52. The number of fused-ring (bicyclic) bond motifs is 4. The van der Waals surface area contributed by atoms with E-state index in [1.54, 1.807) is 0 Å². The lowest BCUT2D eigenvalue weighted by molar-refractivity contribution is -0.633. The van der Waals surface area contributed by atoms with Crippen LogP contribution in [0.4, 0.5) is 0 Å². The van der Waals surface area contributed by atoms with Crippen LogP contribution in [-0.2, 0) is 19.8 Å². The van der Waals surface area contributed by atoms with E-state index < -0.39 is 13.2 Å². The normalized spacial score (nSPS) is 16.7. The Bertz CT molecular complexity index is 1490. The molecule has 5 rings (SSSR count). The van der Waals surface area contributed by atoms with Crippen LogP contribution in [0.1, 0.15) is 43.2 Å². The number of rotatable bonds is 3. The quantitative estimate of drug-likeness (QED) is 0.424. The summed E-state index contributed by atoms with van der Waals surface area (Å²) in [4.78, 5) is 4.74. The maximum absolute atomic E-state index is 8.64. The first-order valence-corrected chi connectivity index (χ1v) is 10.1. The largest absolute Gasteiger partial charge is 0.303 e. The van der Waals surface area contributed by atoms with E-state index in [0.717, 1.165) is 28.0 Å². The van der Waals surface area contributed by atoms with E-state index in [9.17, 15) is 0 Å². The molecule has 0 amide bonds. The smallest absolute Gasteiger partial charge is 0.213 e. The van der Waals surface area contributed by atoms with Gasteiger partial charge in [0.2, 0.25) is 11.2 Å². The SMILES string of the molecule is [2H]C([2H])([2H])c1c(C)c(-c2ccc3c(C([2H])([2H])C(C)C)cccc3[n+]2C)cc2nc3n(c12)C=CC3. The summed E-state index contributed by atoms with van der Waals surface area (Å²) < 4.78 is 46.1. The molecule has 0 unspecified atom stereocenters. The molecule has 0 fully saturated rings. The number of aryl methyl sites for hydroxylation is 2. The van der Waals surface area contributed by atoms with Crippen LogP contribution in [0.3, 0.4) is 0 Å². The van der Waals surface area contributed by atoms with Gasteiger partial charge >= 0.3 is 0 Å². The summed E-state index contributed by atoms with van der Waals surface area (Å²) >= 11 is 0. The van der Waals surface area contributed by atoms with Gasteiger partial charge in [-0.25, -0.2) is 4.98 Å². The molecular formula is C26H28N3+. The van der Waals surface area contributed by atoms with Crippen LogP contribution in [-0.4, -0.2) is 9.55 Å². The minimum absolute atomic E-state index is 0.175. The summed E-state index contributed by atoms with van der Waals surface area (Å²) in [5.41, 5.74) is 5.61. The molecule has 3 nitrogen and oxygen atoms in total. The van der Waals surface area contributed by atoms with Gasteiger partial charge in [0.1, 0.15) is 12.9 Å². The van der Waals surface area contributed by atoms with Crippen molar-refractivity contribution in [1.82, 2.24) is 9.55 Å². The van der Waals surface area contributed by atoms with Crippen LogP contribution < -0.4 is 4.57 Å². The zero-order chi connectivity index (χ0) is 24.6. The maximum Gasteiger partial charge on any atom is 0.213 e. The van der Waals surface area contributed by atoms with Crippen LogP contribution >= 0.6 is 0 Å². The highest BCUT2D eigenvalue weighted by atomic mass is 15.1. The molecule has 1 aliphatic heterocycles. The molecular weight excluding hydrogens is 354 g/mol. The Labute approximate surface area is 179 Å². The number of allylic oxidation sites excluding steroid dienone is 1. The first-order chi connectivity index (χ1) is 15.9. The van der Waals surface area contributed by atoms with Crippen LogP contribution in [0.2, 0.25) is 0 Å². The third kappa shape index (κ3) is 2.71. The zero-order valence-electron chi connectivity index (χ0n) is 22.2. The molecule has 3 heteroatoms. The third-order valence-electron chi connectivity index (χ3n) is 5.80. The number of hydrogen-bond acceptors (Lipinski definition) is 1. The molecule has 2 aromatic heterocycles. The lowest BCUT2D eigenvalue weighted by Crippen LogP contribution is -2.32. The van der Waals surface area contributed by atoms with Gasteiger partial charge in [-0.1, -0.05) is 32.1 Å². The molecule has 146 valence electrons. The molecule has 0 bridgehead atoms. The number of pyridine rings is 1. The molecule has 0 spiro atoms. The molecule has 0 saturated heterocycles. The molecule has 3 heterocycles. The van der Waals surface area contributed by atoms with E-state index >= 15 is 0 Å². The number of aromatic nitrogens is 3. The average Bonchev–Trinajstić information content (AvgIpc) is 3.34. The van der Waals surface area contributed by atoms with E-state index in [0.29, 0.717) is 34.1 Å². The van der Waals surface area contributed by atoms with Gasteiger partial charge in [-0.3, -0.25) is 0 Å². The van der Waals surface area contributed by atoms with Crippen molar-refractivity contribution in [3.63, 3.8) is 0 Å². The third-order valence-corrected chi connectivity index (χ3v) is 5.80. The van der Waals surface area contributed by atoms with Crippen molar-refractivity contribution in [1.29, 1.82) is 0 Å². The molecule has 1 aliphatic rings. The Morgan fingerprint density at radius 1 is 1.24 bits per heavy atom. The Morgan fingerprint density at radius 2 is 2.10 bits per heavy atom. The van der Waals surface area contributed by atoms with E-state index in [1.807, 2.05) is 85.6 Å². The Kier molecular flexibility index (Phi) is 3.01. The average molecular weight is 388 g/mol. The van der Waals surface area contributed by atoms with Crippen LogP contribution in [0, 0.1) is 19.7 Å². The summed E-state index contributed by atoms with van der Waals surface area (Å²) in [5.74, 6) is 0.673. The van der Waals surface area contributed by atoms with E-state index in [4.69, 9.17) is 11.8 Å². The fourth-order valence-corrected chi connectivity index (χ4v) is 4.37. The number of hydrogen-bond donors (Lipinski definition) is 0. The maximum atomic E-state index is 8.64. The van der Waals surface area contributed by atoms with Crippen molar-refractivity contribution >= 4 is 28.1 Å². The van der Waals surface area contributed by atoms with Crippen LogP contribution in [0.5, 0.6) is 0 Å². The molecule has 0 saturated carbocycles. The van der Waals surface area contributed by atoms with Gasteiger partial charge in [-0.05, 0) is 54.9 Å². The van der Waals surface area contributed by atoms with Gasteiger partial charge in [0.25, 0.3) is 0 Å². The molecule has 4 aromatic rings. The number of benzene rings is 2. The first-order valence-electron chi connectivity index (χ1n) is 12.6. The monoisotopic (exact) mass is 387 g/mol. The molecule has 2 aromatic carbocycles. The fourth-order valence-electron chi connectivity index (χ4n) is 4.37. The van der Waals surface area contributed by atoms with Gasteiger partial charge in [0.05, 0.1) is 16.6 Å². The van der Waals surface area contributed by atoms with Crippen molar-refractivity contribution in [3.05, 3.63) is 65.0 Å². The summed E-state index contributed by atoms with van der Waals surface area (Å²) in [5, 5.41) is 0.855. The molecule has 0 aliphatic carbocycles. The second-order valence-corrected chi connectivity index (χ2v) is 8.09. The second kappa shape index (κ2) is 6.55. The Morgan fingerprint density at radius 3 is 2.90 bits per heavy atom. The fraction of sp³-hybridized carbons (Fsp3) is 0.308. The lowest BCUT2D eigenvalue weighted by Gasteiger charge is -2.12. The Balaban J connectivity index is 1.81. The standard InChI is InChI=1S/C26H28N3/c1-16(2)14-19-8-6-9-23-20(19)11-12-24(28(23)5)21-15-22-26(18(4)17(21)3)29-13-7-10-25(29)27-22/h6-9,11-13,15-16H,10,14H2,1-5H3/q+1/i4D3,14D2. The minimum Gasteiger partial charge on any atom is -0.303 e. The Hall–Kier alpha value is -2.94. The van der Waals surface area contributed by atoms with E-state index in [2.05, 4.69) is 0 Å².